The monoisotopic (exact) mass is 614 g/mol. The Morgan fingerprint density at radius 1 is 0.886 bits per heavy atom. The molecule has 1 aromatic heterocycles. The number of carbonyl (C=O) groups excluding carboxylic acids is 2. The second kappa shape index (κ2) is 15.7. The number of piperidine rings is 1. The molecule has 3 aromatic rings. The lowest BCUT2D eigenvalue weighted by molar-refractivity contribution is -0.136. The van der Waals surface area contributed by atoms with Gasteiger partial charge in [-0.3, -0.25) is 19.4 Å². The van der Waals surface area contributed by atoms with Crippen molar-refractivity contribution in [3.05, 3.63) is 77.5 Å². The van der Waals surface area contributed by atoms with Crippen molar-refractivity contribution in [2.75, 3.05) is 35.6 Å². The highest BCUT2D eigenvalue weighted by molar-refractivity contribution is 7.98. The first-order valence-electron chi connectivity index (χ1n) is 15.8. The molecule has 1 saturated heterocycles. The summed E-state index contributed by atoms with van der Waals surface area (Å²) in [5.41, 5.74) is 5.14. The van der Waals surface area contributed by atoms with Crippen LogP contribution in [0.5, 0.6) is 0 Å². The third-order valence-corrected chi connectivity index (χ3v) is 9.50. The molecule has 0 atom stereocenters. The number of amides is 2. The molecule has 3 N–H and O–H groups in total. The highest BCUT2D eigenvalue weighted by atomic mass is 32.2. The van der Waals surface area contributed by atoms with Crippen molar-refractivity contribution in [1.82, 2.24) is 10.3 Å². The molecule has 0 bridgehead atoms. The number of anilines is 2. The lowest BCUT2D eigenvalue weighted by atomic mass is 9.89. The highest BCUT2D eigenvalue weighted by Crippen LogP contribution is 2.33. The third kappa shape index (κ3) is 8.85. The average molecular weight is 615 g/mol. The molecule has 2 amide bonds. The number of nitrogens with one attached hydrogen (secondary N) is 2. The molecule has 9 heteroatoms. The Bertz CT molecular complexity index is 1450. The number of carboxylic acid groups (broad SMARTS) is 1. The Balaban J connectivity index is 1.36. The fourth-order valence-corrected chi connectivity index (χ4v) is 6.88. The van der Waals surface area contributed by atoms with E-state index in [9.17, 15) is 14.4 Å². The first-order valence-corrected chi connectivity index (χ1v) is 17.0. The summed E-state index contributed by atoms with van der Waals surface area (Å²) in [5.74, 6) is 0.532. The van der Waals surface area contributed by atoms with Crippen LogP contribution in [0.25, 0.3) is 11.3 Å². The lowest BCUT2D eigenvalue weighted by Crippen LogP contribution is -2.30. The van der Waals surface area contributed by atoms with E-state index >= 15 is 0 Å². The number of pyridine rings is 1. The van der Waals surface area contributed by atoms with Crippen LogP contribution >= 0.6 is 11.8 Å². The molecule has 0 radical (unpaired) electrons. The minimum Gasteiger partial charge on any atom is -0.481 e. The molecule has 8 nitrogen and oxygen atoms in total. The topological polar surface area (TPSA) is 112 Å². The van der Waals surface area contributed by atoms with E-state index in [1.807, 2.05) is 36.4 Å². The van der Waals surface area contributed by atoms with Crippen LogP contribution in [-0.2, 0) is 10.5 Å². The number of rotatable bonds is 12. The molecule has 1 aliphatic heterocycles. The minimum atomic E-state index is -0.812. The van der Waals surface area contributed by atoms with Crippen LogP contribution < -0.4 is 15.5 Å². The first kappa shape index (κ1) is 31.6. The fourth-order valence-electron chi connectivity index (χ4n) is 6.00. The summed E-state index contributed by atoms with van der Waals surface area (Å²) < 4.78 is 0. The molecule has 2 aliphatic rings. The number of aliphatic carboxylic acids is 1. The number of carbonyl (C=O) groups is 3. The predicted octanol–water partition coefficient (Wildman–Crippen LogP) is 7.01. The molecule has 1 aliphatic carbocycles. The Kier molecular flexibility index (Phi) is 11.3. The smallest absolute Gasteiger partial charge is 0.304 e. The Labute approximate surface area is 264 Å². The summed E-state index contributed by atoms with van der Waals surface area (Å²) in [4.78, 5) is 44.4. The first-order chi connectivity index (χ1) is 21.5. The Morgan fingerprint density at radius 3 is 2.45 bits per heavy atom. The zero-order valence-corrected chi connectivity index (χ0v) is 26.0. The Hall–Kier alpha value is -3.85. The second-order valence-electron chi connectivity index (χ2n) is 11.8. The van der Waals surface area contributed by atoms with Gasteiger partial charge in [-0.1, -0.05) is 31.4 Å². The van der Waals surface area contributed by atoms with E-state index in [0.717, 1.165) is 42.7 Å². The summed E-state index contributed by atoms with van der Waals surface area (Å²) in [6.45, 7) is 2.66. The summed E-state index contributed by atoms with van der Waals surface area (Å²) in [7, 11) is 0. The van der Waals surface area contributed by atoms with E-state index in [-0.39, 0.29) is 18.2 Å². The van der Waals surface area contributed by atoms with Crippen molar-refractivity contribution in [3.63, 3.8) is 0 Å². The molecule has 44 heavy (non-hydrogen) atoms. The van der Waals surface area contributed by atoms with E-state index in [0.29, 0.717) is 46.5 Å². The van der Waals surface area contributed by atoms with Crippen molar-refractivity contribution in [3.8, 4) is 11.3 Å². The normalized spacial score (nSPS) is 15.5. The molecular formula is C35H42N4O4S. The average Bonchev–Trinajstić information content (AvgIpc) is 3.06. The molecule has 5 rings (SSSR count). The zero-order valence-electron chi connectivity index (χ0n) is 25.2. The van der Waals surface area contributed by atoms with Crippen LogP contribution in [0.1, 0.15) is 84.1 Å². The van der Waals surface area contributed by atoms with Gasteiger partial charge in [0.15, 0.2) is 0 Å². The lowest BCUT2D eigenvalue weighted by Gasteiger charge is -2.29. The largest absolute Gasteiger partial charge is 0.481 e. The minimum absolute atomic E-state index is 0.102. The fraction of sp³-hybridized carbons (Fsp3) is 0.429. The van der Waals surface area contributed by atoms with E-state index in [1.165, 1.54) is 50.3 Å². The van der Waals surface area contributed by atoms with Crippen molar-refractivity contribution >= 4 is 40.9 Å². The van der Waals surface area contributed by atoms with E-state index in [2.05, 4.69) is 26.6 Å². The van der Waals surface area contributed by atoms with Gasteiger partial charge in [0.05, 0.1) is 17.8 Å². The van der Waals surface area contributed by atoms with Gasteiger partial charge in [0.2, 0.25) is 0 Å². The van der Waals surface area contributed by atoms with Gasteiger partial charge in [-0.25, -0.2) is 0 Å². The van der Waals surface area contributed by atoms with E-state index in [4.69, 9.17) is 5.11 Å². The number of carboxylic acids is 1. The molecule has 0 spiro atoms. The number of benzene rings is 2. The Morgan fingerprint density at radius 2 is 1.66 bits per heavy atom. The summed E-state index contributed by atoms with van der Waals surface area (Å²) >= 11 is 1.53. The van der Waals surface area contributed by atoms with Gasteiger partial charge in [0.1, 0.15) is 0 Å². The van der Waals surface area contributed by atoms with Crippen molar-refractivity contribution in [2.45, 2.75) is 63.5 Å². The number of aromatic nitrogens is 1. The van der Waals surface area contributed by atoms with Crippen LogP contribution in [0.4, 0.5) is 11.4 Å². The molecular weight excluding hydrogens is 572 g/mol. The van der Waals surface area contributed by atoms with Crippen LogP contribution in [-0.4, -0.2) is 53.3 Å². The molecule has 232 valence electrons. The van der Waals surface area contributed by atoms with Crippen molar-refractivity contribution in [1.29, 1.82) is 0 Å². The quantitative estimate of drug-likeness (QED) is 0.188. The van der Waals surface area contributed by atoms with Gasteiger partial charge >= 0.3 is 5.97 Å². The molecule has 0 unspecified atom stereocenters. The van der Waals surface area contributed by atoms with Crippen LogP contribution in [0.15, 0.2) is 60.8 Å². The van der Waals surface area contributed by atoms with E-state index < -0.39 is 5.97 Å². The molecule has 1 saturated carbocycles. The van der Waals surface area contributed by atoms with Gasteiger partial charge < -0.3 is 20.6 Å². The standard InChI is InChI=1S/C35H42N4O4S/c40-33(41)15-19-44-24-26-10-7-11-27(20-26)35(43)38-31-13-12-29(39-17-5-2-6-18-39)22-30(31)32-21-28(14-16-36-32)34(42)37-23-25-8-3-1-4-9-25/h7,10-14,16,20-22,25H,1-6,8-9,15,17-19,23-24H2,(H,37,42)(H,38,43)(H,40,41). The van der Waals surface area contributed by atoms with Gasteiger partial charge in [0.25, 0.3) is 11.8 Å². The van der Waals surface area contributed by atoms with Gasteiger partial charge in [-0.05, 0) is 86.1 Å². The van der Waals surface area contributed by atoms with Crippen LogP contribution in [0.3, 0.4) is 0 Å². The summed E-state index contributed by atoms with van der Waals surface area (Å²) in [5, 5.41) is 15.1. The molecule has 2 fully saturated rings. The SMILES string of the molecule is O=C(O)CCSCc1cccc(C(=O)Nc2ccc(N3CCCCC3)cc2-c2cc(C(=O)NCC3CCCCC3)ccn2)c1. The molecule has 2 heterocycles. The number of thioether (sulfide) groups is 1. The maximum Gasteiger partial charge on any atom is 0.304 e. The highest BCUT2D eigenvalue weighted by Gasteiger charge is 2.19. The maximum atomic E-state index is 13.5. The third-order valence-electron chi connectivity index (χ3n) is 8.46. The van der Waals surface area contributed by atoms with E-state index in [1.54, 1.807) is 18.3 Å². The zero-order chi connectivity index (χ0) is 30.7. The maximum absolute atomic E-state index is 13.5. The van der Waals surface area contributed by atoms with Gasteiger partial charge in [-0.2, -0.15) is 11.8 Å². The summed E-state index contributed by atoms with van der Waals surface area (Å²) in [6, 6.07) is 17.0. The van der Waals surface area contributed by atoms with Crippen molar-refractivity contribution < 1.29 is 19.5 Å². The number of nitrogens with zero attached hydrogens (tertiary/aromatic N) is 2. The van der Waals surface area contributed by atoms with Crippen LogP contribution in [0.2, 0.25) is 0 Å². The predicted molar refractivity (Wildman–Crippen MR) is 177 cm³/mol. The second-order valence-corrected chi connectivity index (χ2v) is 12.9. The van der Waals surface area contributed by atoms with Crippen LogP contribution in [0, 0.1) is 5.92 Å². The van der Waals surface area contributed by atoms with Gasteiger partial charge in [-0.15, -0.1) is 0 Å². The number of hydrogen-bond acceptors (Lipinski definition) is 6. The molecule has 2 aromatic carbocycles. The summed E-state index contributed by atoms with van der Waals surface area (Å²) in [6.07, 6.45) is 11.4. The van der Waals surface area contributed by atoms with Gasteiger partial charge in [0, 0.05) is 59.7 Å². The number of hydrogen-bond donors (Lipinski definition) is 3. The van der Waals surface area contributed by atoms with Crippen molar-refractivity contribution in [2.24, 2.45) is 5.92 Å².